The van der Waals surface area contributed by atoms with Gasteiger partial charge in [0.25, 0.3) is 0 Å². The van der Waals surface area contributed by atoms with E-state index in [1.807, 2.05) is 23.6 Å². The molecule has 0 saturated carbocycles. The molecule has 1 fully saturated rings. The number of aromatic nitrogens is 2. The SMILES string of the molecule is CCC(=O)N1CCN(c2cc(Oc3ccc(F)c(F)c3)ncn2)CC1C. The van der Waals surface area contributed by atoms with Gasteiger partial charge in [-0.05, 0) is 19.1 Å². The van der Waals surface area contributed by atoms with E-state index in [-0.39, 0.29) is 23.6 Å². The molecule has 1 aliphatic heterocycles. The second-order valence-corrected chi connectivity index (χ2v) is 6.13. The van der Waals surface area contributed by atoms with Gasteiger partial charge >= 0.3 is 0 Å². The van der Waals surface area contributed by atoms with Gasteiger partial charge in [-0.3, -0.25) is 4.79 Å². The molecule has 0 radical (unpaired) electrons. The smallest absolute Gasteiger partial charge is 0.224 e. The quantitative estimate of drug-likeness (QED) is 0.837. The molecular weight excluding hydrogens is 342 g/mol. The van der Waals surface area contributed by atoms with E-state index in [1.54, 1.807) is 6.07 Å². The molecule has 0 bridgehead atoms. The molecule has 2 heterocycles. The number of halogens is 2. The highest BCUT2D eigenvalue weighted by Gasteiger charge is 2.27. The Morgan fingerprint density at radius 3 is 2.73 bits per heavy atom. The van der Waals surface area contributed by atoms with Gasteiger partial charge in [-0.15, -0.1) is 0 Å². The summed E-state index contributed by atoms with van der Waals surface area (Å²) in [6.07, 6.45) is 1.85. The van der Waals surface area contributed by atoms with Crippen LogP contribution in [-0.2, 0) is 4.79 Å². The van der Waals surface area contributed by atoms with Gasteiger partial charge in [-0.1, -0.05) is 6.92 Å². The van der Waals surface area contributed by atoms with Gasteiger partial charge < -0.3 is 14.5 Å². The Balaban J connectivity index is 1.71. The van der Waals surface area contributed by atoms with Crippen molar-refractivity contribution in [3.05, 3.63) is 42.2 Å². The number of hydrogen-bond donors (Lipinski definition) is 0. The predicted octanol–water partition coefficient (Wildman–Crippen LogP) is 2.99. The minimum atomic E-state index is -0.984. The van der Waals surface area contributed by atoms with Gasteiger partial charge in [-0.25, -0.2) is 18.7 Å². The normalized spacial score (nSPS) is 17.3. The summed E-state index contributed by atoms with van der Waals surface area (Å²) in [5, 5.41) is 0. The zero-order chi connectivity index (χ0) is 18.7. The number of ether oxygens (including phenoxy) is 1. The van der Waals surface area contributed by atoms with Crippen LogP contribution < -0.4 is 9.64 Å². The summed E-state index contributed by atoms with van der Waals surface area (Å²) in [7, 11) is 0. The van der Waals surface area contributed by atoms with E-state index in [2.05, 4.69) is 9.97 Å². The van der Waals surface area contributed by atoms with Crippen LogP contribution in [0, 0.1) is 11.6 Å². The Hall–Kier alpha value is -2.77. The lowest BCUT2D eigenvalue weighted by atomic mass is 10.1. The minimum Gasteiger partial charge on any atom is -0.439 e. The number of piperazine rings is 1. The maximum atomic E-state index is 13.3. The molecule has 1 aliphatic rings. The third kappa shape index (κ3) is 3.89. The predicted molar refractivity (Wildman–Crippen MR) is 92.1 cm³/mol. The van der Waals surface area contributed by atoms with Crippen molar-refractivity contribution < 1.29 is 18.3 Å². The molecule has 0 spiro atoms. The molecule has 1 aromatic carbocycles. The molecule has 1 saturated heterocycles. The Morgan fingerprint density at radius 1 is 1.23 bits per heavy atom. The molecule has 3 rings (SSSR count). The third-order valence-electron chi connectivity index (χ3n) is 4.32. The van der Waals surface area contributed by atoms with Crippen LogP contribution in [0.3, 0.4) is 0 Å². The van der Waals surface area contributed by atoms with Crippen LogP contribution in [0.5, 0.6) is 11.6 Å². The molecule has 138 valence electrons. The monoisotopic (exact) mass is 362 g/mol. The van der Waals surface area contributed by atoms with Crippen molar-refractivity contribution in [1.82, 2.24) is 14.9 Å². The fraction of sp³-hybridized carbons (Fsp3) is 0.389. The lowest BCUT2D eigenvalue weighted by Crippen LogP contribution is -2.54. The van der Waals surface area contributed by atoms with E-state index in [0.29, 0.717) is 31.9 Å². The van der Waals surface area contributed by atoms with Crippen LogP contribution in [0.25, 0.3) is 0 Å². The van der Waals surface area contributed by atoms with Crippen molar-refractivity contribution in [3.63, 3.8) is 0 Å². The Labute approximate surface area is 150 Å². The first-order valence-electron chi connectivity index (χ1n) is 8.47. The molecule has 1 aromatic heterocycles. The molecule has 1 unspecified atom stereocenters. The molecule has 26 heavy (non-hydrogen) atoms. The van der Waals surface area contributed by atoms with Gasteiger partial charge in [0.05, 0.1) is 0 Å². The third-order valence-corrected chi connectivity index (χ3v) is 4.32. The maximum Gasteiger partial charge on any atom is 0.224 e. The van der Waals surface area contributed by atoms with Crippen LogP contribution in [0.2, 0.25) is 0 Å². The van der Waals surface area contributed by atoms with Gasteiger partial charge in [0.1, 0.15) is 17.9 Å². The minimum absolute atomic E-state index is 0.0710. The van der Waals surface area contributed by atoms with Gasteiger partial charge in [0.2, 0.25) is 11.8 Å². The maximum absolute atomic E-state index is 13.3. The van der Waals surface area contributed by atoms with E-state index in [4.69, 9.17) is 4.74 Å². The molecular formula is C18H20F2N4O2. The summed E-state index contributed by atoms with van der Waals surface area (Å²) in [5.41, 5.74) is 0. The van der Waals surface area contributed by atoms with E-state index in [9.17, 15) is 13.6 Å². The van der Waals surface area contributed by atoms with Gasteiger partial charge in [-0.2, -0.15) is 0 Å². The van der Waals surface area contributed by atoms with Crippen LogP contribution in [-0.4, -0.2) is 46.5 Å². The first-order chi connectivity index (χ1) is 12.5. The lowest BCUT2D eigenvalue weighted by Gasteiger charge is -2.40. The fourth-order valence-electron chi connectivity index (χ4n) is 2.96. The fourth-order valence-corrected chi connectivity index (χ4v) is 2.96. The average molecular weight is 362 g/mol. The average Bonchev–Trinajstić information content (AvgIpc) is 2.64. The second kappa shape index (κ2) is 7.63. The summed E-state index contributed by atoms with van der Waals surface area (Å²) in [4.78, 5) is 24.1. The van der Waals surface area contributed by atoms with Crippen molar-refractivity contribution >= 4 is 11.7 Å². The molecule has 2 aromatic rings. The zero-order valence-electron chi connectivity index (χ0n) is 14.7. The van der Waals surface area contributed by atoms with Crippen LogP contribution in [0.1, 0.15) is 20.3 Å². The first-order valence-corrected chi connectivity index (χ1v) is 8.47. The van der Waals surface area contributed by atoms with E-state index >= 15 is 0 Å². The highest BCUT2D eigenvalue weighted by molar-refractivity contribution is 5.76. The lowest BCUT2D eigenvalue weighted by molar-refractivity contribution is -0.133. The molecule has 0 N–H and O–H groups in total. The van der Waals surface area contributed by atoms with Crippen molar-refractivity contribution in [3.8, 4) is 11.6 Å². The summed E-state index contributed by atoms with van der Waals surface area (Å²) < 4.78 is 31.8. The number of carbonyl (C=O) groups is 1. The van der Waals surface area contributed by atoms with Crippen molar-refractivity contribution in [2.24, 2.45) is 0 Å². The van der Waals surface area contributed by atoms with Crippen LogP contribution >= 0.6 is 0 Å². The number of rotatable bonds is 4. The standard InChI is InChI=1S/C18H20F2N4O2/c1-3-18(25)24-7-6-23(10-12(24)2)16-9-17(22-11-21-16)26-13-4-5-14(19)15(20)8-13/h4-5,8-9,11-12H,3,6-7,10H2,1-2H3. The number of amides is 1. The summed E-state index contributed by atoms with van der Waals surface area (Å²) in [5.74, 6) is -0.729. The Bertz CT molecular complexity index is 803. The van der Waals surface area contributed by atoms with E-state index < -0.39 is 11.6 Å². The highest BCUT2D eigenvalue weighted by Crippen LogP contribution is 2.25. The molecule has 0 aliphatic carbocycles. The summed E-state index contributed by atoms with van der Waals surface area (Å²) in [6, 6.07) is 5.01. The number of carbonyl (C=O) groups excluding carboxylic acids is 1. The zero-order valence-corrected chi connectivity index (χ0v) is 14.7. The molecule has 1 amide bonds. The van der Waals surface area contributed by atoms with E-state index in [1.165, 1.54) is 12.4 Å². The number of anilines is 1. The number of benzene rings is 1. The molecule has 8 heteroatoms. The Kier molecular flexibility index (Phi) is 5.29. The Morgan fingerprint density at radius 2 is 2.04 bits per heavy atom. The second-order valence-electron chi connectivity index (χ2n) is 6.13. The van der Waals surface area contributed by atoms with Gasteiger partial charge in [0.15, 0.2) is 11.6 Å². The van der Waals surface area contributed by atoms with Crippen molar-refractivity contribution in [2.45, 2.75) is 26.3 Å². The van der Waals surface area contributed by atoms with Crippen molar-refractivity contribution in [2.75, 3.05) is 24.5 Å². The van der Waals surface area contributed by atoms with E-state index in [0.717, 1.165) is 12.1 Å². The number of hydrogen-bond acceptors (Lipinski definition) is 5. The van der Waals surface area contributed by atoms with Crippen LogP contribution in [0.15, 0.2) is 30.6 Å². The largest absolute Gasteiger partial charge is 0.439 e. The number of nitrogens with zero attached hydrogens (tertiary/aromatic N) is 4. The summed E-state index contributed by atoms with van der Waals surface area (Å²) >= 11 is 0. The molecule has 6 nitrogen and oxygen atoms in total. The summed E-state index contributed by atoms with van der Waals surface area (Å²) in [6.45, 7) is 5.77. The van der Waals surface area contributed by atoms with Crippen LogP contribution in [0.4, 0.5) is 14.6 Å². The first kappa shape index (κ1) is 18.0. The highest BCUT2D eigenvalue weighted by atomic mass is 19.2. The molecule has 1 atom stereocenters. The van der Waals surface area contributed by atoms with Gasteiger partial charge in [0, 0.05) is 44.2 Å². The van der Waals surface area contributed by atoms with Crippen molar-refractivity contribution in [1.29, 1.82) is 0 Å². The topological polar surface area (TPSA) is 58.6 Å².